The molecule has 0 radical (unpaired) electrons. The van der Waals surface area contributed by atoms with Gasteiger partial charge in [-0.3, -0.25) is 0 Å². The summed E-state index contributed by atoms with van der Waals surface area (Å²) in [7, 11) is 0. The standard InChI is InChI=1S/C19H14O2/c1-12-10-11-16(14-7-3-2-6-13(12)14)18-15-8-4-5-9-17(15)19(20)21-18/h2-11,18H,1H3. The fourth-order valence-electron chi connectivity index (χ4n) is 3.08. The maximum absolute atomic E-state index is 12.0. The molecule has 1 unspecified atom stereocenters. The van der Waals surface area contributed by atoms with Crippen LogP contribution in [-0.2, 0) is 4.74 Å². The summed E-state index contributed by atoms with van der Waals surface area (Å²) in [6.07, 6.45) is -0.306. The minimum atomic E-state index is -0.306. The number of carbonyl (C=O) groups excluding carboxylic acids is 1. The first-order chi connectivity index (χ1) is 10.3. The Morgan fingerprint density at radius 1 is 0.810 bits per heavy atom. The van der Waals surface area contributed by atoms with Crippen LogP contribution in [0.2, 0.25) is 0 Å². The lowest BCUT2D eigenvalue weighted by Crippen LogP contribution is -2.02. The van der Waals surface area contributed by atoms with E-state index in [-0.39, 0.29) is 12.1 Å². The van der Waals surface area contributed by atoms with Crippen molar-refractivity contribution in [1.29, 1.82) is 0 Å². The van der Waals surface area contributed by atoms with Crippen LogP contribution in [0.3, 0.4) is 0 Å². The number of benzene rings is 3. The van der Waals surface area contributed by atoms with E-state index < -0.39 is 0 Å². The molecule has 0 bridgehead atoms. The van der Waals surface area contributed by atoms with E-state index in [1.807, 2.05) is 36.4 Å². The van der Waals surface area contributed by atoms with Gasteiger partial charge in [0.25, 0.3) is 0 Å². The van der Waals surface area contributed by atoms with E-state index in [4.69, 9.17) is 4.74 Å². The van der Waals surface area contributed by atoms with Crippen LogP contribution in [-0.4, -0.2) is 5.97 Å². The molecule has 3 aromatic rings. The summed E-state index contributed by atoms with van der Waals surface area (Å²) in [5, 5.41) is 2.35. The molecule has 1 aliphatic rings. The molecule has 0 spiro atoms. The Balaban J connectivity index is 1.97. The Morgan fingerprint density at radius 3 is 2.38 bits per heavy atom. The summed E-state index contributed by atoms with van der Waals surface area (Å²) in [5.74, 6) is -0.236. The summed E-state index contributed by atoms with van der Waals surface area (Å²) in [4.78, 5) is 12.0. The highest BCUT2D eigenvalue weighted by molar-refractivity contribution is 5.96. The molecule has 102 valence electrons. The Kier molecular flexibility index (Phi) is 2.58. The van der Waals surface area contributed by atoms with Gasteiger partial charge in [-0.2, -0.15) is 0 Å². The Morgan fingerprint density at radius 2 is 1.52 bits per heavy atom. The molecule has 2 nitrogen and oxygen atoms in total. The van der Waals surface area contributed by atoms with E-state index in [0.29, 0.717) is 5.56 Å². The number of ether oxygens (including phenoxy) is 1. The number of esters is 1. The Labute approximate surface area is 123 Å². The molecule has 2 heteroatoms. The van der Waals surface area contributed by atoms with Crippen LogP contribution < -0.4 is 0 Å². The van der Waals surface area contributed by atoms with Crippen LogP contribution >= 0.6 is 0 Å². The molecule has 21 heavy (non-hydrogen) atoms. The molecule has 4 rings (SSSR count). The molecule has 0 aliphatic carbocycles. The molecule has 3 aromatic carbocycles. The zero-order valence-electron chi connectivity index (χ0n) is 11.7. The smallest absolute Gasteiger partial charge is 0.339 e. The number of fused-ring (bicyclic) bond motifs is 2. The molecule has 1 heterocycles. The molecule has 0 aromatic heterocycles. The van der Waals surface area contributed by atoms with Crippen molar-refractivity contribution in [2.45, 2.75) is 13.0 Å². The zero-order chi connectivity index (χ0) is 14.4. The third-order valence-corrected chi connectivity index (χ3v) is 4.15. The zero-order valence-corrected chi connectivity index (χ0v) is 11.7. The maximum Gasteiger partial charge on any atom is 0.339 e. The van der Waals surface area contributed by atoms with Crippen molar-refractivity contribution in [3.8, 4) is 0 Å². The first-order valence-electron chi connectivity index (χ1n) is 7.04. The monoisotopic (exact) mass is 274 g/mol. The van der Waals surface area contributed by atoms with E-state index in [0.717, 1.165) is 16.5 Å². The van der Waals surface area contributed by atoms with Gasteiger partial charge >= 0.3 is 5.97 Å². The lowest BCUT2D eigenvalue weighted by Gasteiger charge is -2.15. The van der Waals surface area contributed by atoms with Gasteiger partial charge in [-0.15, -0.1) is 0 Å². The van der Waals surface area contributed by atoms with Crippen LogP contribution in [0.1, 0.15) is 33.2 Å². The molecule has 0 amide bonds. The van der Waals surface area contributed by atoms with Crippen molar-refractivity contribution < 1.29 is 9.53 Å². The lowest BCUT2D eigenvalue weighted by atomic mass is 9.93. The second-order valence-electron chi connectivity index (χ2n) is 5.39. The van der Waals surface area contributed by atoms with E-state index in [2.05, 4.69) is 31.2 Å². The number of hydrogen-bond donors (Lipinski definition) is 0. The molecule has 1 atom stereocenters. The molecule has 0 fully saturated rings. The average molecular weight is 274 g/mol. The molecule has 1 aliphatic heterocycles. The van der Waals surface area contributed by atoms with Crippen molar-refractivity contribution in [2.75, 3.05) is 0 Å². The summed E-state index contributed by atoms with van der Waals surface area (Å²) >= 11 is 0. The van der Waals surface area contributed by atoms with Gasteiger partial charge in [0.05, 0.1) is 5.56 Å². The van der Waals surface area contributed by atoms with Crippen LogP contribution in [0.15, 0.2) is 60.7 Å². The normalized spacial score (nSPS) is 16.8. The second kappa shape index (κ2) is 4.45. The van der Waals surface area contributed by atoms with Crippen molar-refractivity contribution in [3.63, 3.8) is 0 Å². The highest BCUT2D eigenvalue weighted by Crippen LogP contribution is 2.39. The number of cyclic esters (lactones) is 1. The fourth-order valence-corrected chi connectivity index (χ4v) is 3.08. The highest BCUT2D eigenvalue weighted by atomic mass is 16.5. The van der Waals surface area contributed by atoms with Gasteiger partial charge in [0.2, 0.25) is 0 Å². The predicted octanol–water partition coefficient (Wildman–Crippen LogP) is 4.41. The maximum atomic E-state index is 12.0. The van der Waals surface area contributed by atoms with E-state index >= 15 is 0 Å². The minimum Gasteiger partial charge on any atom is -0.449 e. The SMILES string of the molecule is Cc1ccc(C2OC(=O)c3ccccc32)c2ccccc12. The van der Waals surface area contributed by atoms with Crippen LogP contribution in [0, 0.1) is 6.92 Å². The first-order valence-corrected chi connectivity index (χ1v) is 7.04. The van der Waals surface area contributed by atoms with Crippen LogP contribution in [0.4, 0.5) is 0 Å². The molecule has 0 saturated carbocycles. The Bertz CT molecular complexity index is 864. The van der Waals surface area contributed by atoms with Crippen molar-refractivity contribution in [2.24, 2.45) is 0 Å². The van der Waals surface area contributed by atoms with Gasteiger partial charge in [-0.05, 0) is 29.3 Å². The minimum absolute atomic E-state index is 0.236. The highest BCUT2D eigenvalue weighted by Gasteiger charge is 2.32. The van der Waals surface area contributed by atoms with E-state index in [9.17, 15) is 4.79 Å². The van der Waals surface area contributed by atoms with Gasteiger partial charge in [-0.25, -0.2) is 4.79 Å². The van der Waals surface area contributed by atoms with Gasteiger partial charge in [0.15, 0.2) is 6.10 Å². The van der Waals surface area contributed by atoms with Crippen LogP contribution in [0.25, 0.3) is 10.8 Å². The van der Waals surface area contributed by atoms with E-state index in [1.165, 1.54) is 10.9 Å². The summed E-state index contributed by atoms with van der Waals surface area (Å²) in [6, 6.07) is 20.0. The van der Waals surface area contributed by atoms with Gasteiger partial charge in [-0.1, -0.05) is 54.6 Å². The van der Waals surface area contributed by atoms with Gasteiger partial charge < -0.3 is 4.74 Å². The Hall–Kier alpha value is -2.61. The topological polar surface area (TPSA) is 26.3 Å². The van der Waals surface area contributed by atoms with Crippen molar-refractivity contribution in [1.82, 2.24) is 0 Å². The molecule has 0 N–H and O–H groups in total. The quantitative estimate of drug-likeness (QED) is 0.614. The van der Waals surface area contributed by atoms with Crippen molar-refractivity contribution in [3.05, 3.63) is 82.9 Å². The third-order valence-electron chi connectivity index (χ3n) is 4.15. The molecular formula is C19H14O2. The van der Waals surface area contributed by atoms with Gasteiger partial charge in [0.1, 0.15) is 0 Å². The number of hydrogen-bond acceptors (Lipinski definition) is 2. The second-order valence-corrected chi connectivity index (χ2v) is 5.39. The number of aryl methyl sites for hydroxylation is 1. The largest absolute Gasteiger partial charge is 0.449 e. The predicted molar refractivity (Wildman–Crippen MR) is 82.4 cm³/mol. The third kappa shape index (κ3) is 1.76. The fraction of sp³-hybridized carbons (Fsp3) is 0.105. The average Bonchev–Trinajstić information content (AvgIpc) is 2.86. The molecular weight excluding hydrogens is 260 g/mol. The number of rotatable bonds is 1. The summed E-state index contributed by atoms with van der Waals surface area (Å²) < 4.78 is 5.63. The van der Waals surface area contributed by atoms with E-state index in [1.54, 1.807) is 0 Å². The van der Waals surface area contributed by atoms with Gasteiger partial charge in [0, 0.05) is 11.1 Å². The summed E-state index contributed by atoms with van der Waals surface area (Å²) in [5.41, 5.74) is 3.91. The first kappa shape index (κ1) is 12.2. The lowest BCUT2D eigenvalue weighted by molar-refractivity contribution is 0.0458. The van der Waals surface area contributed by atoms with Crippen molar-refractivity contribution >= 4 is 16.7 Å². The molecule has 0 saturated heterocycles. The number of carbonyl (C=O) groups is 1. The van der Waals surface area contributed by atoms with Crippen LogP contribution in [0.5, 0.6) is 0 Å². The summed E-state index contributed by atoms with van der Waals surface area (Å²) in [6.45, 7) is 2.10.